The maximum absolute atomic E-state index is 11.1. The molecule has 1 amide bonds. The van der Waals surface area contributed by atoms with Crippen LogP contribution >= 0.6 is 0 Å². The maximum Gasteiger partial charge on any atom is 0.221 e. The Bertz CT molecular complexity index is 750. The highest BCUT2D eigenvalue weighted by Crippen LogP contribution is 2.17. The van der Waals surface area contributed by atoms with Gasteiger partial charge in [-0.25, -0.2) is 0 Å². The Labute approximate surface area is 166 Å². The molecule has 0 aliphatic carbocycles. The number of ether oxygens (including phenoxy) is 2. The first-order chi connectivity index (χ1) is 13.7. The molecular weight excluding hydrogens is 356 g/mol. The van der Waals surface area contributed by atoms with Crippen molar-refractivity contribution >= 4 is 17.6 Å². The molecule has 0 heterocycles. The third kappa shape index (κ3) is 8.44. The third-order valence-electron chi connectivity index (χ3n) is 3.67. The summed E-state index contributed by atoms with van der Waals surface area (Å²) >= 11 is 0. The Hall–Kier alpha value is -3.22. The second-order valence-corrected chi connectivity index (χ2v) is 6.00. The van der Waals surface area contributed by atoms with E-state index in [1.54, 1.807) is 13.1 Å². The van der Waals surface area contributed by atoms with Crippen molar-refractivity contribution in [2.75, 3.05) is 38.7 Å². The Morgan fingerprint density at radius 3 is 2.39 bits per heavy atom. The van der Waals surface area contributed by atoms with Crippen LogP contribution in [0.5, 0.6) is 11.5 Å². The van der Waals surface area contributed by atoms with Gasteiger partial charge in [-0.3, -0.25) is 9.79 Å². The van der Waals surface area contributed by atoms with E-state index in [1.165, 1.54) is 6.92 Å². The molecule has 2 rings (SSSR count). The van der Waals surface area contributed by atoms with Crippen molar-refractivity contribution in [3.8, 4) is 11.5 Å². The van der Waals surface area contributed by atoms with E-state index in [1.807, 2.05) is 48.5 Å². The van der Waals surface area contributed by atoms with Gasteiger partial charge in [0.05, 0.1) is 13.2 Å². The number of carbonyl (C=O) groups excluding carboxylic acids is 1. The number of nitrogens with one attached hydrogen (secondary N) is 3. The highest BCUT2D eigenvalue weighted by atomic mass is 16.5. The standard InChI is InChI=1S/C21H28N4O3/c1-17(26)25-18-8-6-11-20(16-18)28-15-13-24-21(22-2)23-12-7-14-27-19-9-4-3-5-10-19/h3-6,8-11,16H,7,12-15H2,1-2H3,(H,25,26)(H2,22,23,24). The lowest BCUT2D eigenvalue weighted by Gasteiger charge is -2.13. The predicted octanol–water partition coefficient (Wildman–Crippen LogP) is 2.66. The summed E-state index contributed by atoms with van der Waals surface area (Å²) in [6, 6.07) is 17.1. The lowest BCUT2D eigenvalue weighted by Crippen LogP contribution is -2.40. The number of carbonyl (C=O) groups is 1. The van der Waals surface area contributed by atoms with Crippen molar-refractivity contribution in [3.05, 3.63) is 54.6 Å². The predicted molar refractivity (Wildman–Crippen MR) is 112 cm³/mol. The smallest absolute Gasteiger partial charge is 0.221 e. The average molecular weight is 384 g/mol. The minimum atomic E-state index is -0.108. The van der Waals surface area contributed by atoms with Crippen LogP contribution in [0.2, 0.25) is 0 Å². The molecule has 0 atom stereocenters. The number of guanidine groups is 1. The fourth-order valence-corrected chi connectivity index (χ4v) is 2.41. The van der Waals surface area contributed by atoms with Gasteiger partial charge >= 0.3 is 0 Å². The molecule has 2 aromatic carbocycles. The molecule has 0 aromatic heterocycles. The lowest BCUT2D eigenvalue weighted by atomic mass is 10.3. The quantitative estimate of drug-likeness (QED) is 0.333. The average Bonchev–Trinajstić information content (AvgIpc) is 2.70. The van der Waals surface area contributed by atoms with E-state index in [2.05, 4.69) is 20.9 Å². The maximum atomic E-state index is 11.1. The molecule has 0 radical (unpaired) electrons. The fraction of sp³-hybridized carbons (Fsp3) is 0.333. The molecule has 0 saturated heterocycles. The van der Waals surface area contributed by atoms with Gasteiger partial charge < -0.3 is 25.4 Å². The molecule has 0 aliphatic heterocycles. The number of anilines is 1. The summed E-state index contributed by atoms with van der Waals surface area (Å²) in [5, 5.41) is 9.17. The Balaban J connectivity index is 1.58. The Kier molecular flexibility index (Phi) is 9.20. The number of hydrogen-bond donors (Lipinski definition) is 3. The number of nitrogens with zero attached hydrogens (tertiary/aromatic N) is 1. The van der Waals surface area contributed by atoms with Crippen LogP contribution in [0.4, 0.5) is 5.69 Å². The van der Waals surface area contributed by atoms with Gasteiger partial charge in [-0.2, -0.15) is 0 Å². The molecule has 0 spiro atoms. The molecule has 28 heavy (non-hydrogen) atoms. The number of amides is 1. The summed E-state index contributed by atoms with van der Waals surface area (Å²) in [6.07, 6.45) is 0.863. The Morgan fingerprint density at radius 2 is 1.64 bits per heavy atom. The zero-order chi connectivity index (χ0) is 20.0. The first-order valence-electron chi connectivity index (χ1n) is 9.30. The minimum absolute atomic E-state index is 0.108. The number of para-hydroxylation sites is 1. The monoisotopic (exact) mass is 384 g/mol. The van der Waals surface area contributed by atoms with Crippen molar-refractivity contribution in [2.45, 2.75) is 13.3 Å². The first kappa shape index (κ1) is 21.1. The molecule has 7 nitrogen and oxygen atoms in total. The van der Waals surface area contributed by atoms with Crippen LogP contribution < -0.4 is 25.4 Å². The van der Waals surface area contributed by atoms with Crippen molar-refractivity contribution < 1.29 is 14.3 Å². The van der Waals surface area contributed by atoms with Gasteiger partial charge in [0.15, 0.2) is 5.96 Å². The minimum Gasteiger partial charge on any atom is -0.494 e. The van der Waals surface area contributed by atoms with Gasteiger partial charge in [-0.1, -0.05) is 24.3 Å². The van der Waals surface area contributed by atoms with E-state index in [0.717, 1.165) is 24.7 Å². The molecule has 150 valence electrons. The Morgan fingerprint density at radius 1 is 0.929 bits per heavy atom. The third-order valence-corrected chi connectivity index (χ3v) is 3.67. The summed E-state index contributed by atoms with van der Waals surface area (Å²) in [6.45, 7) is 3.95. The molecular formula is C21H28N4O3. The van der Waals surface area contributed by atoms with E-state index >= 15 is 0 Å². The van der Waals surface area contributed by atoms with Crippen molar-refractivity contribution in [1.82, 2.24) is 10.6 Å². The summed E-state index contributed by atoms with van der Waals surface area (Å²) in [7, 11) is 1.73. The summed E-state index contributed by atoms with van der Waals surface area (Å²) in [5.74, 6) is 2.19. The van der Waals surface area contributed by atoms with Gasteiger partial charge in [-0.15, -0.1) is 0 Å². The van der Waals surface area contributed by atoms with Crippen LogP contribution in [0.25, 0.3) is 0 Å². The second-order valence-electron chi connectivity index (χ2n) is 6.00. The van der Waals surface area contributed by atoms with Crippen LogP contribution in [0, 0.1) is 0 Å². The SMILES string of the molecule is CN=C(NCCCOc1ccccc1)NCCOc1cccc(NC(C)=O)c1. The highest BCUT2D eigenvalue weighted by molar-refractivity contribution is 5.88. The van der Waals surface area contributed by atoms with Crippen molar-refractivity contribution in [3.63, 3.8) is 0 Å². The zero-order valence-corrected chi connectivity index (χ0v) is 16.4. The fourth-order valence-electron chi connectivity index (χ4n) is 2.41. The number of benzene rings is 2. The largest absolute Gasteiger partial charge is 0.494 e. The van der Waals surface area contributed by atoms with E-state index < -0.39 is 0 Å². The highest BCUT2D eigenvalue weighted by Gasteiger charge is 2.00. The molecule has 2 aromatic rings. The van der Waals surface area contributed by atoms with Gasteiger partial charge in [0.25, 0.3) is 0 Å². The van der Waals surface area contributed by atoms with E-state index in [-0.39, 0.29) is 5.91 Å². The lowest BCUT2D eigenvalue weighted by molar-refractivity contribution is -0.114. The van der Waals surface area contributed by atoms with Crippen molar-refractivity contribution in [1.29, 1.82) is 0 Å². The van der Waals surface area contributed by atoms with Crippen LogP contribution in [0.3, 0.4) is 0 Å². The van der Waals surface area contributed by atoms with Crippen LogP contribution in [0.15, 0.2) is 59.6 Å². The molecule has 0 bridgehead atoms. The molecule has 0 unspecified atom stereocenters. The van der Waals surface area contributed by atoms with Gasteiger partial charge in [-0.05, 0) is 30.7 Å². The zero-order valence-electron chi connectivity index (χ0n) is 16.4. The summed E-state index contributed by atoms with van der Waals surface area (Å²) in [4.78, 5) is 15.3. The molecule has 7 heteroatoms. The molecule has 0 saturated carbocycles. The van der Waals surface area contributed by atoms with Crippen LogP contribution in [0.1, 0.15) is 13.3 Å². The summed E-state index contributed by atoms with van der Waals surface area (Å²) in [5.41, 5.74) is 0.716. The first-order valence-corrected chi connectivity index (χ1v) is 9.30. The van der Waals surface area contributed by atoms with Crippen LogP contribution in [-0.4, -0.2) is 45.2 Å². The molecule has 0 fully saturated rings. The molecule has 0 aliphatic rings. The number of hydrogen-bond acceptors (Lipinski definition) is 4. The van der Waals surface area contributed by atoms with Crippen LogP contribution in [-0.2, 0) is 4.79 Å². The van der Waals surface area contributed by atoms with E-state index in [9.17, 15) is 4.79 Å². The van der Waals surface area contributed by atoms with Gasteiger partial charge in [0.1, 0.15) is 18.1 Å². The normalized spacial score (nSPS) is 10.9. The van der Waals surface area contributed by atoms with Gasteiger partial charge in [0, 0.05) is 32.3 Å². The number of rotatable bonds is 10. The van der Waals surface area contributed by atoms with Gasteiger partial charge in [0.2, 0.25) is 5.91 Å². The second kappa shape index (κ2) is 12.2. The van der Waals surface area contributed by atoms with Crippen molar-refractivity contribution in [2.24, 2.45) is 4.99 Å². The molecule has 3 N–H and O–H groups in total. The van der Waals surface area contributed by atoms with E-state index in [4.69, 9.17) is 9.47 Å². The van der Waals surface area contributed by atoms with E-state index in [0.29, 0.717) is 31.2 Å². The topological polar surface area (TPSA) is 84.0 Å². The number of aliphatic imine (C=N–C) groups is 1. The summed E-state index contributed by atoms with van der Waals surface area (Å²) < 4.78 is 11.4.